The molecule has 122 valence electrons. The average Bonchev–Trinajstić information content (AvgIpc) is 3.05. The second kappa shape index (κ2) is 6.95. The number of ether oxygens (including phenoxy) is 1. The van der Waals surface area contributed by atoms with Crippen molar-refractivity contribution >= 4 is 11.6 Å². The van der Waals surface area contributed by atoms with Gasteiger partial charge in [-0.05, 0) is 24.3 Å². The highest BCUT2D eigenvalue weighted by Gasteiger charge is 2.12. The lowest BCUT2D eigenvalue weighted by atomic mass is 10.1. The van der Waals surface area contributed by atoms with Gasteiger partial charge in [-0.2, -0.15) is 0 Å². The minimum atomic E-state index is -0.483. The first-order valence-corrected chi connectivity index (χ1v) is 7.30. The van der Waals surface area contributed by atoms with E-state index in [0.717, 1.165) is 5.56 Å². The van der Waals surface area contributed by atoms with Crippen LogP contribution in [0.4, 0.5) is 10.1 Å². The van der Waals surface area contributed by atoms with Gasteiger partial charge in [0.2, 0.25) is 5.91 Å². The van der Waals surface area contributed by atoms with Gasteiger partial charge in [0.1, 0.15) is 11.6 Å². The Morgan fingerprint density at radius 1 is 1.21 bits per heavy atom. The van der Waals surface area contributed by atoms with Crippen LogP contribution < -0.4 is 10.1 Å². The van der Waals surface area contributed by atoms with E-state index in [1.165, 1.54) is 12.1 Å². The fourth-order valence-electron chi connectivity index (χ4n) is 2.23. The molecule has 1 aromatic heterocycles. The molecule has 0 atom stereocenters. The first kappa shape index (κ1) is 15.7. The van der Waals surface area contributed by atoms with Gasteiger partial charge in [-0.25, -0.2) is 4.39 Å². The minimum absolute atomic E-state index is 0.0121. The van der Waals surface area contributed by atoms with Crippen LogP contribution in [0.3, 0.4) is 0 Å². The van der Waals surface area contributed by atoms with Crippen LogP contribution in [-0.2, 0) is 11.2 Å². The monoisotopic (exact) mass is 326 g/mol. The van der Waals surface area contributed by atoms with Gasteiger partial charge in [-0.3, -0.25) is 4.79 Å². The van der Waals surface area contributed by atoms with Gasteiger partial charge in [0.15, 0.2) is 5.76 Å². The second-order valence-electron chi connectivity index (χ2n) is 5.12. The number of amides is 1. The predicted molar refractivity (Wildman–Crippen MR) is 87.2 cm³/mol. The molecule has 0 saturated carbocycles. The van der Waals surface area contributed by atoms with Crippen molar-refractivity contribution in [3.63, 3.8) is 0 Å². The zero-order valence-corrected chi connectivity index (χ0v) is 13.0. The second-order valence-corrected chi connectivity index (χ2v) is 5.12. The highest BCUT2D eigenvalue weighted by atomic mass is 19.1. The van der Waals surface area contributed by atoms with E-state index in [9.17, 15) is 9.18 Å². The zero-order valence-electron chi connectivity index (χ0n) is 13.0. The molecule has 0 fully saturated rings. The van der Waals surface area contributed by atoms with Crippen molar-refractivity contribution < 1.29 is 18.4 Å². The van der Waals surface area contributed by atoms with Crippen LogP contribution in [0.2, 0.25) is 0 Å². The fraction of sp³-hybridized carbons (Fsp3) is 0.111. The summed E-state index contributed by atoms with van der Waals surface area (Å²) in [6.07, 6.45) is -0.0121. The lowest BCUT2D eigenvalue weighted by Crippen LogP contribution is -2.15. The smallest absolute Gasteiger partial charge is 0.230 e. The first-order chi connectivity index (χ1) is 11.7. The van der Waals surface area contributed by atoms with E-state index in [1.54, 1.807) is 25.3 Å². The van der Waals surface area contributed by atoms with Crippen molar-refractivity contribution in [2.45, 2.75) is 6.42 Å². The van der Waals surface area contributed by atoms with Gasteiger partial charge in [0.05, 0.1) is 24.9 Å². The van der Waals surface area contributed by atoms with Gasteiger partial charge < -0.3 is 14.6 Å². The molecule has 6 heteroatoms. The number of hydrogen-bond acceptors (Lipinski definition) is 4. The third-order valence-corrected chi connectivity index (χ3v) is 3.40. The normalized spacial score (nSPS) is 10.4. The number of anilines is 1. The lowest BCUT2D eigenvalue weighted by molar-refractivity contribution is -0.115. The zero-order chi connectivity index (χ0) is 16.9. The Balaban J connectivity index is 1.69. The number of aromatic nitrogens is 1. The maximum Gasteiger partial charge on any atom is 0.230 e. The third-order valence-electron chi connectivity index (χ3n) is 3.40. The summed E-state index contributed by atoms with van der Waals surface area (Å²) in [5.74, 6) is 0.374. The minimum Gasteiger partial charge on any atom is -0.497 e. The van der Waals surface area contributed by atoms with Crippen molar-refractivity contribution in [1.82, 2.24) is 5.16 Å². The summed E-state index contributed by atoms with van der Waals surface area (Å²) >= 11 is 0. The van der Waals surface area contributed by atoms with Crippen LogP contribution in [0.1, 0.15) is 5.69 Å². The molecule has 1 N–H and O–H groups in total. The summed E-state index contributed by atoms with van der Waals surface area (Å²) in [5, 5.41) is 6.39. The third kappa shape index (κ3) is 3.60. The topological polar surface area (TPSA) is 64.4 Å². The van der Waals surface area contributed by atoms with Crippen LogP contribution in [0.25, 0.3) is 11.3 Å². The highest BCUT2D eigenvalue weighted by Crippen LogP contribution is 2.24. The Hall–Kier alpha value is -3.15. The lowest BCUT2D eigenvalue weighted by Gasteiger charge is -2.04. The van der Waals surface area contributed by atoms with Gasteiger partial charge in [0.25, 0.3) is 0 Å². The Labute approximate surface area is 138 Å². The number of methoxy groups -OCH3 is 1. The van der Waals surface area contributed by atoms with Crippen LogP contribution in [0, 0.1) is 5.82 Å². The first-order valence-electron chi connectivity index (χ1n) is 7.30. The van der Waals surface area contributed by atoms with E-state index in [0.29, 0.717) is 17.2 Å². The van der Waals surface area contributed by atoms with Gasteiger partial charge in [-0.1, -0.05) is 29.4 Å². The SMILES string of the molecule is COc1cccc(-c2cc(CC(=O)Nc3ccccc3F)no2)c1. The number of carbonyl (C=O) groups is 1. The molecule has 24 heavy (non-hydrogen) atoms. The molecule has 3 aromatic rings. The van der Waals surface area contributed by atoms with E-state index in [-0.39, 0.29) is 18.0 Å². The molecule has 5 nitrogen and oxygen atoms in total. The van der Waals surface area contributed by atoms with Gasteiger partial charge >= 0.3 is 0 Å². The molecule has 0 radical (unpaired) electrons. The molecule has 0 unspecified atom stereocenters. The van der Waals surface area contributed by atoms with Crippen LogP contribution >= 0.6 is 0 Å². The fourth-order valence-corrected chi connectivity index (χ4v) is 2.23. The number of para-hydroxylation sites is 1. The van der Waals surface area contributed by atoms with E-state index in [1.807, 2.05) is 24.3 Å². The molecule has 0 spiro atoms. The van der Waals surface area contributed by atoms with Crippen LogP contribution in [0.5, 0.6) is 5.75 Å². The van der Waals surface area contributed by atoms with E-state index < -0.39 is 5.82 Å². The molecule has 0 aliphatic carbocycles. The quantitative estimate of drug-likeness (QED) is 0.777. The molecule has 0 saturated heterocycles. The molecule has 1 amide bonds. The number of hydrogen-bond donors (Lipinski definition) is 1. The molecule has 2 aromatic carbocycles. The molecule has 3 rings (SSSR count). The average molecular weight is 326 g/mol. The van der Waals surface area contributed by atoms with E-state index in [2.05, 4.69) is 10.5 Å². The van der Waals surface area contributed by atoms with Crippen molar-refractivity contribution in [3.05, 3.63) is 66.1 Å². The molecular formula is C18H15FN2O3. The molecule has 0 aliphatic rings. The standard InChI is InChI=1S/C18H15FN2O3/c1-23-14-6-4-5-12(9-14)17-10-13(21-24-17)11-18(22)20-16-8-3-2-7-15(16)19/h2-10H,11H2,1H3,(H,20,22). The van der Waals surface area contributed by atoms with E-state index >= 15 is 0 Å². The van der Waals surface area contributed by atoms with Crippen LogP contribution in [0.15, 0.2) is 59.1 Å². The number of nitrogens with zero attached hydrogens (tertiary/aromatic N) is 1. The van der Waals surface area contributed by atoms with Crippen molar-refractivity contribution in [2.24, 2.45) is 0 Å². The molecular weight excluding hydrogens is 311 g/mol. The summed E-state index contributed by atoms with van der Waals surface area (Å²) < 4.78 is 24.0. The summed E-state index contributed by atoms with van der Waals surface area (Å²) in [7, 11) is 1.58. The van der Waals surface area contributed by atoms with Crippen molar-refractivity contribution in [1.29, 1.82) is 0 Å². The Morgan fingerprint density at radius 3 is 2.83 bits per heavy atom. The summed E-state index contributed by atoms with van der Waals surface area (Å²) in [6, 6.07) is 15.0. The molecule has 0 bridgehead atoms. The highest BCUT2D eigenvalue weighted by molar-refractivity contribution is 5.92. The molecule has 1 heterocycles. The summed E-state index contributed by atoms with van der Waals surface area (Å²) in [5.41, 5.74) is 1.39. The largest absolute Gasteiger partial charge is 0.497 e. The van der Waals surface area contributed by atoms with Crippen molar-refractivity contribution in [3.8, 4) is 17.1 Å². The van der Waals surface area contributed by atoms with Gasteiger partial charge in [-0.15, -0.1) is 0 Å². The van der Waals surface area contributed by atoms with Crippen molar-refractivity contribution in [2.75, 3.05) is 12.4 Å². The summed E-state index contributed by atoms with van der Waals surface area (Å²) in [4.78, 5) is 12.0. The van der Waals surface area contributed by atoms with Gasteiger partial charge in [0, 0.05) is 11.6 Å². The Bertz CT molecular complexity index is 861. The predicted octanol–water partition coefficient (Wildman–Crippen LogP) is 3.67. The Kier molecular flexibility index (Phi) is 4.56. The number of nitrogens with one attached hydrogen (secondary N) is 1. The maximum absolute atomic E-state index is 13.5. The molecule has 0 aliphatic heterocycles. The Morgan fingerprint density at radius 2 is 2.04 bits per heavy atom. The number of halogens is 1. The number of benzene rings is 2. The number of carbonyl (C=O) groups excluding carboxylic acids is 1. The van der Waals surface area contributed by atoms with E-state index in [4.69, 9.17) is 9.26 Å². The summed E-state index contributed by atoms with van der Waals surface area (Å²) in [6.45, 7) is 0. The number of rotatable bonds is 5. The van der Waals surface area contributed by atoms with Crippen LogP contribution in [-0.4, -0.2) is 18.2 Å². The maximum atomic E-state index is 13.5.